The molecule has 1 heterocycles. The number of methoxy groups -OCH3 is 1. The molecule has 0 aliphatic heterocycles. The van der Waals surface area contributed by atoms with Crippen molar-refractivity contribution in [1.29, 1.82) is 0 Å². The van der Waals surface area contributed by atoms with Crippen LogP contribution in [0.15, 0.2) is 4.99 Å². The van der Waals surface area contributed by atoms with E-state index in [1.54, 1.807) is 7.11 Å². The molecule has 7 nitrogen and oxygen atoms in total. The fraction of sp³-hybridized carbons (Fsp3) is 0.812. The van der Waals surface area contributed by atoms with E-state index in [2.05, 4.69) is 32.7 Å². The third kappa shape index (κ3) is 5.49. The monoisotopic (exact) mass is 322 g/mol. The predicted molar refractivity (Wildman–Crippen MR) is 91.3 cm³/mol. The molecule has 0 aromatic carbocycles. The normalized spacial score (nSPS) is 22.2. The van der Waals surface area contributed by atoms with E-state index in [4.69, 9.17) is 4.74 Å². The molecule has 1 aromatic rings. The van der Waals surface area contributed by atoms with Crippen LogP contribution in [-0.2, 0) is 18.3 Å². The average molecular weight is 322 g/mol. The molecule has 0 atom stereocenters. The van der Waals surface area contributed by atoms with E-state index in [1.807, 2.05) is 18.5 Å². The molecule has 130 valence electrons. The van der Waals surface area contributed by atoms with Crippen molar-refractivity contribution < 1.29 is 4.74 Å². The largest absolute Gasteiger partial charge is 0.383 e. The third-order valence-electron chi connectivity index (χ3n) is 4.52. The van der Waals surface area contributed by atoms with Gasteiger partial charge in [-0.05, 0) is 38.5 Å². The van der Waals surface area contributed by atoms with Crippen LogP contribution in [0.4, 0.5) is 0 Å². The highest BCUT2D eigenvalue weighted by atomic mass is 16.5. The first-order chi connectivity index (χ1) is 11.1. The lowest BCUT2D eigenvalue weighted by Crippen LogP contribution is -2.45. The van der Waals surface area contributed by atoms with E-state index in [0.717, 1.165) is 30.1 Å². The average Bonchev–Trinajstić information content (AvgIpc) is 2.86. The van der Waals surface area contributed by atoms with Crippen molar-refractivity contribution in [3.63, 3.8) is 0 Å². The Morgan fingerprint density at radius 1 is 1.30 bits per heavy atom. The van der Waals surface area contributed by atoms with Crippen LogP contribution in [-0.4, -0.2) is 47.0 Å². The summed E-state index contributed by atoms with van der Waals surface area (Å²) in [7, 11) is 3.67. The van der Waals surface area contributed by atoms with E-state index in [1.165, 1.54) is 25.7 Å². The Hall–Kier alpha value is -1.63. The number of nitrogens with zero attached hydrogens (tertiary/aromatic N) is 4. The van der Waals surface area contributed by atoms with Crippen LogP contribution >= 0.6 is 0 Å². The summed E-state index contributed by atoms with van der Waals surface area (Å²) in [6.45, 7) is 6.19. The van der Waals surface area contributed by atoms with Crippen LogP contribution in [0.1, 0.15) is 44.3 Å². The molecule has 23 heavy (non-hydrogen) atoms. The number of rotatable bonds is 6. The molecule has 1 aliphatic carbocycles. The number of hydrogen-bond donors (Lipinski definition) is 2. The maximum Gasteiger partial charge on any atom is 0.192 e. The molecule has 1 aliphatic rings. The van der Waals surface area contributed by atoms with E-state index in [-0.39, 0.29) is 0 Å². The van der Waals surface area contributed by atoms with Crippen molar-refractivity contribution in [2.45, 2.75) is 52.1 Å². The van der Waals surface area contributed by atoms with Gasteiger partial charge >= 0.3 is 0 Å². The molecule has 2 N–H and O–H groups in total. The van der Waals surface area contributed by atoms with Crippen LogP contribution in [0, 0.1) is 12.8 Å². The van der Waals surface area contributed by atoms with E-state index in [0.29, 0.717) is 19.2 Å². The van der Waals surface area contributed by atoms with Crippen molar-refractivity contribution in [3.05, 3.63) is 11.6 Å². The van der Waals surface area contributed by atoms with Gasteiger partial charge in [-0.3, -0.25) is 0 Å². The van der Waals surface area contributed by atoms with Crippen molar-refractivity contribution in [2.24, 2.45) is 18.0 Å². The number of ether oxygens (including phenoxy) is 1. The number of aromatic nitrogens is 3. The minimum Gasteiger partial charge on any atom is -0.383 e. The van der Waals surface area contributed by atoms with Crippen molar-refractivity contribution >= 4 is 5.96 Å². The Kier molecular flexibility index (Phi) is 6.83. The SMILES string of the molecule is COCCNC(=NCc1nnc(C)n1C)NC1CCC(C)CC1. The van der Waals surface area contributed by atoms with Gasteiger partial charge in [0.05, 0.1) is 6.61 Å². The lowest BCUT2D eigenvalue weighted by molar-refractivity contribution is 0.203. The summed E-state index contributed by atoms with van der Waals surface area (Å²) in [5, 5.41) is 15.1. The summed E-state index contributed by atoms with van der Waals surface area (Å²) < 4.78 is 7.08. The second-order valence-corrected chi connectivity index (χ2v) is 6.41. The molecule has 0 radical (unpaired) electrons. The van der Waals surface area contributed by atoms with Crippen LogP contribution in [0.25, 0.3) is 0 Å². The van der Waals surface area contributed by atoms with Gasteiger partial charge in [-0.15, -0.1) is 10.2 Å². The molecule has 2 rings (SSSR count). The summed E-state index contributed by atoms with van der Waals surface area (Å²) in [5.41, 5.74) is 0. The fourth-order valence-corrected chi connectivity index (χ4v) is 2.76. The summed E-state index contributed by atoms with van der Waals surface area (Å²) in [4.78, 5) is 4.67. The number of hydrogen-bond acceptors (Lipinski definition) is 4. The van der Waals surface area contributed by atoms with Crippen LogP contribution in [0.5, 0.6) is 0 Å². The molecular weight excluding hydrogens is 292 g/mol. The Bertz CT molecular complexity index is 505. The highest BCUT2D eigenvalue weighted by Crippen LogP contribution is 2.23. The second-order valence-electron chi connectivity index (χ2n) is 6.41. The Morgan fingerprint density at radius 3 is 2.65 bits per heavy atom. The van der Waals surface area contributed by atoms with E-state index < -0.39 is 0 Å². The summed E-state index contributed by atoms with van der Waals surface area (Å²) in [5.74, 6) is 3.45. The molecule has 1 fully saturated rings. The number of nitrogens with one attached hydrogen (secondary N) is 2. The highest BCUT2D eigenvalue weighted by Gasteiger charge is 2.19. The lowest BCUT2D eigenvalue weighted by Gasteiger charge is -2.28. The van der Waals surface area contributed by atoms with Gasteiger partial charge < -0.3 is 19.9 Å². The minimum atomic E-state index is 0.501. The quantitative estimate of drug-likeness (QED) is 0.470. The van der Waals surface area contributed by atoms with Crippen LogP contribution in [0.3, 0.4) is 0 Å². The van der Waals surface area contributed by atoms with Crippen molar-refractivity contribution in [2.75, 3.05) is 20.3 Å². The Balaban J connectivity index is 1.95. The maximum absolute atomic E-state index is 5.11. The maximum atomic E-state index is 5.11. The third-order valence-corrected chi connectivity index (χ3v) is 4.52. The molecule has 0 unspecified atom stereocenters. The molecule has 0 spiro atoms. The molecular formula is C16H30N6O. The summed E-state index contributed by atoms with van der Waals surface area (Å²) >= 11 is 0. The topological polar surface area (TPSA) is 76.4 Å². The zero-order valence-corrected chi connectivity index (χ0v) is 14.8. The summed E-state index contributed by atoms with van der Waals surface area (Å²) in [6, 6.07) is 0.501. The van der Waals surface area contributed by atoms with E-state index in [9.17, 15) is 0 Å². The van der Waals surface area contributed by atoms with Gasteiger partial charge in [0, 0.05) is 26.7 Å². The molecule has 0 bridgehead atoms. The first-order valence-corrected chi connectivity index (χ1v) is 8.48. The van der Waals surface area contributed by atoms with Gasteiger partial charge in [-0.2, -0.15) is 0 Å². The van der Waals surface area contributed by atoms with Gasteiger partial charge in [0.15, 0.2) is 11.8 Å². The first kappa shape index (κ1) is 17.7. The van der Waals surface area contributed by atoms with Gasteiger partial charge in [0.2, 0.25) is 0 Å². The van der Waals surface area contributed by atoms with Gasteiger partial charge in [0.1, 0.15) is 12.4 Å². The lowest BCUT2D eigenvalue weighted by atomic mass is 9.87. The highest BCUT2D eigenvalue weighted by molar-refractivity contribution is 5.80. The standard InChI is InChI=1S/C16H30N6O/c1-12-5-7-14(8-6-12)19-16(17-9-10-23-4)18-11-15-21-20-13(2)22(15)3/h12,14H,5-11H2,1-4H3,(H2,17,18,19). The van der Waals surface area contributed by atoms with Crippen molar-refractivity contribution in [1.82, 2.24) is 25.4 Å². The molecule has 1 saturated carbocycles. The first-order valence-electron chi connectivity index (χ1n) is 8.48. The van der Waals surface area contributed by atoms with Gasteiger partial charge in [-0.25, -0.2) is 4.99 Å². The fourth-order valence-electron chi connectivity index (χ4n) is 2.76. The van der Waals surface area contributed by atoms with Crippen molar-refractivity contribution in [3.8, 4) is 0 Å². The summed E-state index contributed by atoms with van der Waals surface area (Å²) in [6.07, 6.45) is 4.97. The van der Waals surface area contributed by atoms with Gasteiger partial charge in [0.25, 0.3) is 0 Å². The number of guanidine groups is 1. The molecule has 1 aromatic heterocycles. The second kappa shape index (κ2) is 8.86. The minimum absolute atomic E-state index is 0.501. The number of aliphatic imine (C=N–C) groups is 1. The zero-order valence-electron chi connectivity index (χ0n) is 14.8. The van der Waals surface area contributed by atoms with Crippen LogP contribution < -0.4 is 10.6 Å². The molecule has 0 saturated heterocycles. The molecule has 7 heteroatoms. The number of aryl methyl sites for hydroxylation is 1. The van der Waals surface area contributed by atoms with Gasteiger partial charge in [-0.1, -0.05) is 6.92 Å². The molecule has 0 amide bonds. The Morgan fingerprint density at radius 2 is 2.04 bits per heavy atom. The van der Waals surface area contributed by atoms with E-state index >= 15 is 0 Å². The predicted octanol–water partition coefficient (Wildman–Crippen LogP) is 1.38. The zero-order chi connectivity index (χ0) is 16.7. The smallest absolute Gasteiger partial charge is 0.192 e. The Labute approximate surface area is 138 Å². The van der Waals surface area contributed by atoms with Crippen LogP contribution in [0.2, 0.25) is 0 Å².